The zero-order chi connectivity index (χ0) is 17.9. The van der Waals surface area contributed by atoms with Gasteiger partial charge in [-0.15, -0.1) is 0 Å². The summed E-state index contributed by atoms with van der Waals surface area (Å²) < 4.78 is 0. The smallest absolute Gasteiger partial charge is 0.0831 e. The Morgan fingerprint density at radius 1 is 0.808 bits per heavy atom. The van der Waals surface area contributed by atoms with Crippen molar-refractivity contribution >= 4 is 17.1 Å². The van der Waals surface area contributed by atoms with Crippen LogP contribution in [0.5, 0.6) is 0 Å². The van der Waals surface area contributed by atoms with E-state index in [1.165, 1.54) is 16.8 Å². The van der Waals surface area contributed by atoms with Crippen molar-refractivity contribution in [2.75, 3.05) is 24.0 Å². The summed E-state index contributed by atoms with van der Waals surface area (Å²) in [6, 6.07) is 29.9. The molecule has 0 bridgehead atoms. The van der Waals surface area contributed by atoms with E-state index in [0.717, 1.165) is 17.8 Å². The lowest BCUT2D eigenvalue weighted by Crippen LogP contribution is -2.18. The predicted octanol–water partition coefficient (Wildman–Crippen LogP) is 5.11. The normalized spacial score (nSPS) is 16.5. The number of anilines is 2. The molecule has 0 spiro atoms. The molecule has 3 aromatic carbocycles. The van der Waals surface area contributed by atoms with Crippen LogP contribution in [0.4, 0.5) is 11.4 Å². The van der Waals surface area contributed by atoms with Gasteiger partial charge in [0.1, 0.15) is 0 Å². The number of rotatable bonds is 4. The molecule has 3 aromatic rings. The highest BCUT2D eigenvalue weighted by molar-refractivity contribution is 6.03. The molecule has 0 saturated heterocycles. The number of para-hydroxylation sites is 1. The number of nitrogens with zero attached hydrogens (tertiary/aromatic N) is 3. The molecule has 0 saturated carbocycles. The molecule has 1 aliphatic rings. The predicted molar refractivity (Wildman–Crippen MR) is 110 cm³/mol. The van der Waals surface area contributed by atoms with Crippen LogP contribution >= 0.6 is 0 Å². The standard InChI is InChI=1S/C23H23N3/c1-25(2)20-15-13-19(14-16-20)23-17-22(18-9-5-3-6-10-18)24-26(23)21-11-7-4-8-12-21/h3-16,23H,17H2,1-2H3/t23-/m1/s1. The minimum Gasteiger partial charge on any atom is -0.378 e. The first-order valence-electron chi connectivity index (χ1n) is 8.97. The van der Waals surface area contributed by atoms with Crippen molar-refractivity contribution in [3.8, 4) is 0 Å². The fourth-order valence-electron chi connectivity index (χ4n) is 3.39. The van der Waals surface area contributed by atoms with Crippen molar-refractivity contribution in [1.29, 1.82) is 0 Å². The zero-order valence-electron chi connectivity index (χ0n) is 15.2. The van der Waals surface area contributed by atoms with Gasteiger partial charge in [0.25, 0.3) is 0 Å². The molecule has 0 N–H and O–H groups in total. The lowest BCUT2D eigenvalue weighted by Gasteiger charge is -2.24. The summed E-state index contributed by atoms with van der Waals surface area (Å²) in [6.07, 6.45) is 0.903. The third-order valence-electron chi connectivity index (χ3n) is 4.83. The molecule has 26 heavy (non-hydrogen) atoms. The van der Waals surface area contributed by atoms with E-state index in [9.17, 15) is 0 Å². The number of hydrogen-bond acceptors (Lipinski definition) is 3. The molecule has 1 atom stereocenters. The summed E-state index contributed by atoms with van der Waals surface area (Å²) in [5.74, 6) is 0. The molecule has 130 valence electrons. The summed E-state index contributed by atoms with van der Waals surface area (Å²) in [6.45, 7) is 0. The highest BCUT2D eigenvalue weighted by Crippen LogP contribution is 2.37. The molecule has 0 radical (unpaired) electrons. The summed E-state index contributed by atoms with van der Waals surface area (Å²) in [5.41, 5.74) is 5.95. The van der Waals surface area contributed by atoms with E-state index in [1.54, 1.807) is 0 Å². The van der Waals surface area contributed by atoms with Gasteiger partial charge in [0.05, 0.1) is 17.4 Å². The van der Waals surface area contributed by atoms with Gasteiger partial charge >= 0.3 is 0 Å². The van der Waals surface area contributed by atoms with Gasteiger partial charge in [-0.3, -0.25) is 5.01 Å². The maximum Gasteiger partial charge on any atom is 0.0831 e. The minimum absolute atomic E-state index is 0.212. The molecule has 1 heterocycles. The van der Waals surface area contributed by atoms with Crippen molar-refractivity contribution in [1.82, 2.24) is 0 Å². The van der Waals surface area contributed by atoms with Gasteiger partial charge in [0.2, 0.25) is 0 Å². The van der Waals surface area contributed by atoms with Crippen LogP contribution in [0.25, 0.3) is 0 Å². The average Bonchev–Trinajstić information content (AvgIpc) is 3.15. The van der Waals surface area contributed by atoms with Crippen LogP contribution < -0.4 is 9.91 Å². The number of benzene rings is 3. The Morgan fingerprint density at radius 3 is 2.04 bits per heavy atom. The van der Waals surface area contributed by atoms with Gasteiger partial charge in [-0.25, -0.2) is 0 Å². The van der Waals surface area contributed by atoms with Crippen LogP contribution in [0.15, 0.2) is 90.0 Å². The molecule has 4 rings (SSSR count). The highest BCUT2D eigenvalue weighted by atomic mass is 15.5. The zero-order valence-corrected chi connectivity index (χ0v) is 15.2. The van der Waals surface area contributed by atoms with E-state index in [2.05, 4.69) is 96.8 Å². The highest BCUT2D eigenvalue weighted by Gasteiger charge is 2.29. The van der Waals surface area contributed by atoms with E-state index < -0.39 is 0 Å². The fourth-order valence-corrected chi connectivity index (χ4v) is 3.39. The van der Waals surface area contributed by atoms with E-state index in [1.807, 2.05) is 12.1 Å². The van der Waals surface area contributed by atoms with Crippen molar-refractivity contribution in [2.45, 2.75) is 12.5 Å². The molecule has 1 aliphatic heterocycles. The maximum absolute atomic E-state index is 4.98. The molecule has 3 nitrogen and oxygen atoms in total. The Morgan fingerprint density at radius 2 is 1.42 bits per heavy atom. The van der Waals surface area contributed by atoms with Gasteiger partial charge in [0, 0.05) is 26.2 Å². The summed E-state index contributed by atoms with van der Waals surface area (Å²) >= 11 is 0. The Bertz CT molecular complexity index is 884. The quantitative estimate of drug-likeness (QED) is 0.657. The molecular weight excluding hydrogens is 318 g/mol. The van der Waals surface area contributed by atoms with Crippen LogP contribution in [0, 0.1) is 0 Å². The summed E-state index contributed by atoms with van der Waals surface area (Å²) in [5, 5.41) is 7.14. The van der Waals surface area contributed by atoms with Crippen LogP contribution in [0.1, 0.15) is 23.6 Å². The first-order chi connectivity index (χ1) is 12.7. The van der Waals surface area contributed by atoms with Gasteiger partial charge in [-0.05, 0) is 35.4 Å². The minimum atomic E-state index is 0.212. The van der Waals surface area contributed by atoms with Crippen molar-refractivity contribution in [3.63, 3.8) is 0 Å². The lowest BCUT2D eigenvalue weighted by molar-refractivity contribution is 0.709. The second-order valence-electron chi connectivity index (χ2n) is 6.80. The van der Waals surface area contributed by atoms with E-state index in [0.29, 0.717) is 0 Å². The third-order valence-corrected chi connectivity index (χ3v) is 4.83. The maximum atomic E-state index is 4.98. The van der Waals surface area contributed by atoms with Gasteiger partial charge in [-0.1, -0.05) is 60.7 Å². The van der Waals surface area contributed by atoms with Gasteiger partial charge < -0.3 is 4.90 Å². The molecule has 0 fully saturated rings. The van der Waals surface area contributed by atoms with Crippen molar-refractivity contribution < 1.29 is 0 Å². The Hall–Kier alpha value is -3.07. The Balaban J connectivity index is 1.71. The van der Waals surface area contributed by atoms with Crippen molar-refractivity contribution in [2.24, 2.45) is 5.10 Å². The molecular formula is C23H23N3. The van der Waals surface area contributed by atoms with Crippen molar-refractivity contribution in [3.05, 3.63) is 96.1 Å². The van der Waals surface area contributed by atoms with Gasteiger partial charge in [-0.2, -0.15) is 5.10 Å². The number of hydrogen-bond donors (Lipinski definition) is 0. The SMILES string of the molecule is CN(C)c1ccc([C@H]2CC(c3ccccc3)=NN2c2ccccc2)cc1. The van der Waals surface area contributed by atoms with Crippen LogP contribution in [0.3, 0.4) is 0 Å². The largest absolute Gasteiger partial charge is 0.378 e. The summed E-state index contributed by atoms with van der Waals surface area (Å²) in [4.78, 5) is 2.12. The average molecular weight is 341 g/mol. The molecule has 0 aromatic heterocycles. The Labute approximate surface area is 155 Å². The molecule has 0 unspecified atom stereocenters. The van der Waals surface area contributed by atoms with Crippen LogP contribution in [-0.2, 0) is 0 Å². The van der Waals surface area contributed by atoms with E-state index >= 15 is 0 Å². The van der Waals surface area contributed by atoms with Crippen LogP contribution in [0.2, 0.25) is 0 Å². The third kappa shape index (κ3) is 3.21. The van der Waals surface area contributed by atoms with Crippen LogP contribution in [-0.4, -0.2) is 19.8 Å². The number of hydrazone groups is 1. The lowest BCUT2D eigenvalue weighted by atomic mass is 9.98. The monoisotopic (exact) mass is 341 g/mol. The second kappa shape index (κ2) is 7.04. The first kappa shape index (κ1) is 16.4. The topological polar surface area (TPSA) is 18.8 Å². The molecule has 0 amide bonds. The first-order valence-corrected chi connectivity index (χ1v) is 8.97. The van der Waals surface area contributed by atoms with Gasteiger partial charge in [0.15, 0.2) is 0 Å². The summed E-state index contributed by atoms with van der Waals surface area (Å²) in [7, 11) is 4.13. The second-order valence-corrected chi connectivity index (χ2v) is 6.80. The van der Waals surface area contributed by atoms with E-state index in [4.69, 9.17) is 5.10 Å². The molecule has 0 aliphatic carbocycles. The van der Waals surface area contributed by atoms with E-state index in [-0.39, 0.29) is 6.04 Å². The fraction of sp³-hybridized carbons (Fsp3) is 0.174. The molecule has 3 heteroatoms. The Kier molecular flexibility index (Phi) is 4.44.